The van der Waals surface area contributed by atoms with Crippen molar-refractivity contribution in [2.45, 2.75) is 84.0 Å². The van der Waals surface area contributed by atoms with Gasteiger partial charge in [0.15, 0.2) is 5.75 Å². The highest BCUT2D eigenvalue weighted by atomic mass is 35.5. The number of phenolic OH excluding ortho intramolecular Hbond substituents is 1. The predicted molar refractivity (Wildman–Crippen MR) is 205 cm³/mol. The first kappa shape index (κ1) is 37.0. The molecule has 2 atom stereocenters. The van der Waals surface area contributed by atoms with Crippen molar-refractivity contribution in [1.82, 2.24) is 19.8 Å². The summed E-state index contributed by atoms with van der Waals surface area (Å²) in [5.41, 5.74) is 3.11. The standard InChI is InChI=1S/C39H46Cl2N4O6S/c1-21-29-22(2)33(41)34(32(21)40)49-26(18-45-14-12-44(6)13-15-45)19-48-25-10-11-27(46)24(16-25)17-28(38(47)51-39(3,4)5)50-36-31-30(29)35(23-8-7-9-23)52-37(31)43-20-42-36/h10-11,16,20,23,26,28,46H,7-9,12-15,17-19H2,1-6H3/t26-,28-/m1/s1. The van der Waals surface area contributed by atoms with E-state index >= 15 is 0 Å². The molecule has 1 aliphatic carbocycles. The van der Waals surface area contributed by atoms with Crippen LogP contribution in [0.1, 0.15) is 67.5 Å². The van der Waals surface area contributed by atoms with Crippen molar-refractivity contribution in [3.63, 3.8) is 0 Å². The fraction of sp³-hybridized carbons (Fsp3) is 0.513. The minimum Gasteiger partial charge on any atom is -0.508 e. The molecule has 1 saturated heterocycles. The van der Waals surface area contributed by atoms with Gasteiger partial charge in [-0.2, -0.15) is 0 Å². The average molecular weight is 770 g/mol. The number of fused-ring (bicyclic) bond motifs is 7. The van der Waals surface area contributed by atoms with Crippen LogP contribution in [-0.2, 0) is 16.0 Å². The number of hydrogen-bond donors (Lipinski definition) is 1. The number of aromatic nitrogens is 2. The molecule has 5 heterocycles. The zero-order valence-corrected chi connectivity index (χ0v) is 32.9. The van der Waals surface area contributed by atoms with Crippen LogP contribution in [0.25, 0.3) is 21.3 Å². The topological polar surface area (TPSA) is 106 Å². The van der Waals surface area contributed by atoms with Gasteiger partial charge in [-0.15, -0.1) is 11.3 Å². The molecule has 1 N–H and O–H groups in total. The number of nitrogens with zero attached hydrogens (tertiary/aromatic N) is 4. The van der Waals surface area contributed by atoms with E-state index in [0.29, 0.717) is 45.0 Å². The number of rotatable bonds is 4. The van der Waals surface area contributed by atoms with Gasteiger partial charge in [0.05, 0.1) is 15.4 Å². The summed E-state index contributed by atoms with van der Waals surface area (Å²) in [7, 11) is 2.13. The average Bonchev–Trinajstić information content (AvgIpc) is 3.43. The summed E-state index contributed by atoms with van der Waals surface area (Å²) in [6.45, 7) is 13.9. The molecule has 4 aliphatic rings. The zero-order valence-electron chi connectivity index (χ0n) is 30.6. The fourth-order valence-corrected chi connectivity index (χ4v) is 8.95. The Bertz CT molecular complexity index is 1960. The second-order valence-corrected chi connectivity index (χ2v) is 17.0. The SMILES string of the molecule is Cc1c(Cl)c2c(Cl)c(C)c1-c1c(C3CCC3)sc3ncnc(c13)O[C@@H](C(=O)OC(C)(C)C)Cc1cc(ccc1O)OC[C@@H](CN1CCN(C)CC1)O2. The lowest BCUT2D eigenvalue weighted by atomic mass is 9.80. The van der Waals surface area contributed by atoms with Gasteiger partial charge in [-0.25, -0.2) is 14.8 Å². The van der Waals surface area contributed by atoms with E-state index in [-0.39, 0.29) is 24.7 Å². The van der Waals surface area contributed by atoms with Crippen molar-refractivity contribution < 1.29 is 28.8 Å². The third-order valence-corrected chi connectivity index (χ3v) is 12.3. The predicted octanol–water partition coefficient (Wildman–Crippen LogP) is 7.97. The second-order valence-electron chi connectivity index (χ2n) is 15.2. The van der Waals surface area contributed by atoms with Crippen LogP contribution >= 0.6 is 34.5 Å². The molecular formula is C39H46Cl2N4O6S. The first-order valence-electron chi connectivity index (χ1n) is 17.9. The molecule has 13 heteroatoms. The van der Waals surface area contributed by atoms with Gasteiger partial charge in [-0.1, -0.05) is 29.6 Å². The van der Waals surface area contributed by atoms with Crippen molar-refractivity contribution in [3.05, 3.63) is 56.1 Å². The van der Waals surface area contributed by atoms with E-state index in [9.17, 15) is 9.90 Å². The van der Waals surface area contributed by atoms with Crippen LogP contribution in [0, 0.1) is 13.8 Å². The Morgan fingerprint density at radius 2 is 1.75 bits per heavy atom. The third kappa shape index (κ3) is 7.53. The highest BCUT2D eigenvalue weighted by Gasteiger charge is 2.35. The van der Waals surface area contributed by atoms with Crippen LogP contribution in [0.2, 0.25) is 10.0 Å². The number of hydrogen-bond acceptors (Lipinski definition) is 11. The van der Waals surface area contributed by atoms with E-state index in [1.165, 1.54) is 6.33 Å². The van der Waals surface area contributed by atoms with Gasteiger partial charge in [0.1, 0.15) is 41.0 Å². The number of piperazine rings is 1. The Morgan fingerprint density at radius 3 is 2.40 bits per heavy atom. The lowest BCUT2D eigenvalue weighted by Gasteiger charge is -2.35. The number of thiophene rings is 1. The van der Waals surface area contributed by atoms with E-state index in [1.807, 2.05) is 34.6 Å². The number of carbonyl (C=O) groups is 1. The van der Waals surface area contributed by atoms with Crippen molar-refractivity contribution >= 4 is 50.7 Å². The minimum absolute atomic E-state index is 0.00361. The summed E-state index contributed by atoms with van der Waals surface area (Å²) in [6, 6.07) is 4.98. The summed E-state index contributed by atoms with van der Waals surface area (Å²) in [5.74, 6) is 0.917. The summed E-state index contributed by atoms with van der Waals surface area (Å²) >= 11 is 16.2. The van der Waals surface area contributed by atoms with Crippen LogP contribution in [0.3, 0.4) is 0 Å². The zero-order chi connectivity index (χ0) is 36.9. The first-order chi connectivity index (χ1) is 24.8. The van der Waals surface area contributed by atoms with Gasteiger partial charge < -0.3 is 29.0 Å². The number of ether oxygens (including phenoxy) is 4. The first-order valence-corrected chi connectivity index (χ1v) is 19.5. The monoisotopic (exact) mass is 768 g/mol. The molecule has 0 radical (unpaired) electrons. The molecule has 0 spiro atoms. The number of aromatic hydroxyl groups is 1. The van der Waals surface area contributed by atoms with Gasteiger partial charge in [0, 0.05) is 55.1 Å². The van der Waals surface area contributed by atoms with Gasteiger partial charge >= 0.3 is 5.97 Å². The summed E-state index contributed by atoms with van der Waals surface area (Å²) in [5, 5.41) is 12.6. The molecule has 52 heavy (non-hydrogen) atoms. The van der Waals surface area contributed by atoms with Crippen molar-refractivity contribution in [1.29, 1.82) is 0 Å². The largest absolute Gasteiger partial charge is 0.508 e. The molecule has 2 aromatic carbocycles. The van der Waals surface area contributed by atoms with Crippen LogP contribution in [0.5, 0.6) is 23.1 Å². The molecule has 0 amide bonds. The van der Waals surface area contributed by atoms with Gasteiger partial charge in [-0.05, 0) is 95.3 Å². The molecule has 10 nitrogen and oxygen atoms in total. The van der Waals surface area contributed by atoms with Gasteiger partial charge in [-0.3, -0.25) is 4.90 Å². The lowest BCUT2D eigenvalue weighted by molar-refractivity contribution is -0.163. The maximum absolute atomic E-state index is 13.9. The van der Waals surface area contributed by atoms with E-state index in [0.717, 1.165) is 77.4 Å². The van der Waals surface area contributed by atoms with Crippen LogP contribution < -0.4 is 14.2 Å². The van der Waals surface area contributed by atoms with E-state index in [1.54, 1.807) is 29.5 Å². The van der Waals surface area contributed by atoms with Gasteiger partial charge in [0.25, 0.3) is 0 Å². The molecule has 8 rings (SSSR count). The molecule has 2 fully saturated rings. The van der Waals surface area contributed by atoms with Crippen molar-refractivity contribution in [3.8, 4) is 34.3 Å². The second kappa shape index (κ2) is 14.8. The lowest BCUT2D eigenvalue weighted by Crippen LogP contribution is -2.49. The molecule has 3 aliphatic heterocycles. The number of benzene rings is 2. The Hall–Kier alpha value is -3.35. The molecule has 278 valence electrons. The molecule has 2 aromatic heterocycles. The molecule has 0 unspecified atom stereocenters. The highest BCUT2D eigenvalue weighted by molar-refractivity contribution is 7.19. The minimum atomic E-state index is -1.15. The number of esters is 1. The molecule has 4 aromatic rings. The smallest absolute Gasteiger partial charge is 0.348 e. The highest BCUT2D eigenvalue weighted by Crippen LogP contribution is 2.54. The van der Waals surface area contributed by atoms with E-state index in [2.05, 4.69) is 21.8 Å². The Kier molecular flexibility index (Phi) is 10.5. The maximum atomic E-state index is 13.9. The number of halogens is 2. The number of carbonyl (C=O) groups excluding carboxylic acids is 1. The Balaban J connectivity index is 1.43. The van der Waals surface area contributed by atoms with Crippen molar-refractivity contribution in [2.24, 2.45) is 0 Å². The van der Waals surface area contributed by atoms with Crippen LogP contribution in [0.4, 0.5) is 0 Å². The van der Waals surface area contributed by atoms with Gasteiger partial charge in [0.2, 0.25) is 12.0 Å². The number of likely N-dealkylation sites (N-methyl/N-ethyl adjacent to an activating group) is 1. The molecular weight excluding hydrogens is 723 g/mol. The fourth-order valence-electron chi connectivity index (χ4n) is 7.12. The number of phenols is 1. The normalized spacial score (nSPS) is 20.5. The van der Waals surface area contributed by atoms with E-state index in [4.69, 9.17) is 47.1 Å². The summed E-state index contributed by atoms with van der Waals surface area (Å²) in [6.07, 6.45) is 3.12. The van der Waals surface area contributed by atoms with Crippen LogP contribution in [0.15, 0.2) is 24.5 Å². The maximum Gasteiger partial charge on any atom is 0.348 e. The molecule has 1 saturated carbocycles. The summed E-state index contributed by atoms with van der Waals surface area (Å²) < 4.78 is 25.6. The van der Waals surface area contributed by atoms with E-state index < -0.39 is 23.8 Å². The third-order valence-electron chi connectivity index (χ3n) is 10.2. The Morgan fingerprint density at radius 1 is 1.04 bits per heavy atom. The quantitative estimate of drug-likeness (QED) is 0.206. The Labute approximate surface area is 318 Å². The molecule has 4 bridgehead atoms. The van der Waals surface area contributed by atoms with Crippen molar-refractivity contribution in [2.75, 3.05) is 46.4 Å². The summed E-state index contributed by atoms with van der Waals surface area (Å²) in [4.78, 5) is 29.8. The van der Waals surface area contributed by atoms with Crippen LogP contribution in [-0.4, -0.2) is 95.0 Å².